The average Bonchev–Trinajstić information content (AvgIpc) is 3.32. The molecular weight excluding hydrogens is 267 g/mol. The van der Waals surface area contributed by atoms with Crippen molar-refractivity contribution in [1.82, 2.24) is 10.2 Å². The molecule has 4 heteroatoms. The molecule has 0 saturated heterocycles. The van der Waals surface area contributed by atoms with Crippen LogP contribution in [0.15, 0.2) is 36.4 Å². The Labute approximate surface area is 123 Å². The van der Waals surface area contributed by atoms with E-state index in [4.69, 9.17) is 0 Å². The smallest absolute Gasteiger partial charge is 0.251 e. The van der Waals surface area contributed by atoms with Gasteiger partial charge in [-0.3, -0.25) is 4.79 Å². The Morgan fingerprint density at radius 1 is 1.24 bits per heavy atom. The molecule has 0 aliphatic heterocycles. The average molecular weight is 286 g/mol. The second-order valence-corrected chi connectivity index (χ2v) is 5.61. The van der Waals surface area contributed by atoms with Gasteiger partial charge >= 0.3 is 0 Å². The number of amides is 1. The van der Waals surface area contributed by atoms with Crippen molar-refractivity contribution < 1.29 is 9.18 Å². The number of carbonyl (C=O) groups excluding carboxylic acids is 1. The van der Waals surface area contributed by atoms with Crippen LogP contribution in [-0.2, 0) is 0 Å². The molecule has 1 aliphatic carbocycles. The molecule has 1 amide bonds. The summed E-state index contributed by atoms with van der Waals surface area (Å²) in [6, 6.07) is 10.7. The quantitative estimate of drug-likeness (QED) is 0.916. The monoisotopic (exact) mass is 286 g/mol. The standard InChI is InChI=1S/C17H19FN2O/c1-20(12-6-7-12)11-10-19-17(21)15-8-9-16(18)14-5-3-2-4-13(14)15/h2-5,8-9,12H,6-7,10-11H2,1H3,(H,19,21). The third kappa shape index (κ3) is 3.05. The fourth-order valence-corrected chi connectivity index (χ4v) is 2.60. The fourth-order valence-electron chi connectivity index (χ4n) is 2.60. The summed E-state index contributed by atoms with van der Waals surface area (Å²) < 4.78 is 13.7. The molecule has 1 fully saturated rings. The van der Waals surface area contributed by atoms with Crippen molar-refractivity contribution in [3.05, 3.63) is 47.8 Å². The molecule has 0 spiro atoms. The third-order valence-electron chi connectivity index (χ3n) is 4.04. The molecule has 0 radical (unpaired) electrons. The topological polar surface area (TPSA) is 32.3 Å². The van der Waals surface area contributed by atoms with Crippen LogP contribution in [0.3, 0.4) is 0 Å². The van der Waals surface area contributed by atoms with Crippen molar-refractivity contribution >= 4 is 16.7 Å². The summed E-state index contributed by atoms with van der Waals surface area (Å²) >= 11 is 0. The Morgan fingerprint density at radius 3 is 2.67 bits per heavy atom. The van der Waals surface area contributed by atoms with Crippen LogP contribution < -0.4 is 5.32 Å². The minimum Gasteiger partial charge on any atom is -0.351 e. The van der Waals surface area contributed by atoms with Gasteiger partial charge in [0.25, 0.3) is 5.91 Å². The molecule has 110 valence electrons. The van der Waals surface area contributed by atoms with Crippen molar-refractivity contribution in [2.24, 2.45) is 0 Å². The van der Waals surface area contributed by atoms with E-state index >= 15 is 0 Å². The van der Waals surface area contributed by atoms with E-state index in [1.54, 1.807) is 24.3 Å². The summed E-state index contributed by atoms with van der Waals surface area (Å²) in [5.74, 6) is -0.439. The minimum atomic E-state index is -0.296. The molecule has 21 heavy (non-hydrogen) atoms. The largest absolute Gasteiger partial charge is 0.351 e. The van der Waals surface area contributed by atoms with Gasteiger partial charge in [-0.15, -0.1) is 0 Å². The Morgan fingerprint density at radius 2 is 1.95 bits per heavy atom. The van der Waals surface area contributed by atoms with Gasteiger partial charge < -0.3 is 10.2 Å². The highest BCUT2D eigenvalue weighted by Gasteiger charge is 2.25. The maximum atomic E-state index is 13.7. The van der Waals surface area contributed by atoms with E-state index in [9.17, 15) is 9.18 Å². The fraction of sp³-hybridized carbons (Fsp3) is 0.353. The zero-order valence-electron chi connectivity index (χ0n) is 12.1. The second kappa shape index (κ2) is 5.82. The number of hydrogen-bond donors (Lipinski definition) is 1. The molecule has 3 nitrogen and oxygen atoms in total. The third-order valence-corrected chi connectivity index (χ3v) is 4.04. The number of hydrogen-bond acceptors (Lipinski definition) is 2. The van der Waals surface area contributed by atoms with Gasteiger partial charge in [0.05, 0.1) is 0 Å². The maximum absolute atomic E-state index is 13.7. The van der Waals surface area contributed by atoms with Crippen LogP contribution in [0.5, 0.6) is 0 Å². The van der Waals surface area contributed by atoms with Crippen molar-refractivity contribution in [2.45, 2.75) is 18.9 Å². The van der Waals surface area contributed by atoms with E-state index in [2.05, 4.69) is 17.3 Å². The SMILES string of the molecule is CN(CCNC(=O)c1ccc(F)c2ccccc12)C1CC1. The van der Waals surface area contributed by atoms with E-state index in [1.807, 2.05) is 6.07 Å². The zero-order chi connectivity index (χ0) is 14.8. The molecule has 0 atom stereocenters. The lowest BCUT2D eigenvalue weighted by Crippen LogP contribution is -2.34. The van der Waals surface area contributed by atoms with Crippen LogP contribution >= 0.6 is 0 Å². The van der Waals surface area contributed by atoms with E-state index in [0.29, 0.717) is 28.9 Å². The Kier molecular flexibility index (Phi) is 3.88. The minimum absolute atomic E-state index is 0.143. The summed E-state index contributed by atoms with van der Waals surface area (Å²) in [4.78, 5) is 14.6. The molecule has 2 aromatic carbocycles. The number of halogens is 1. The first-order valence-corrected chi connectivity index (χ1v) is 7.32. The second-order valence-electron chi connectivity index (χ2n) is 5.61. The van der Waals surface area contributed by atoms with Gasteiger partial charge in [0.1, 0.15) is 5.82 Å². The van der Waals surface area contributed by atoms with E-state index in [1.165, 1.54) is 18.9 Å². The summed E-state index contributed by atoms with van der Waals surface area (Å²) in [5, 5.41) is 4.07. The molecule has 0 unspecified atom stereocenters. The molecule has 1 N–H and O–H groups in total. The lowest BCUT2D eigenvalue weighted by atomic mass is 10.0. The number of carbonyl (C=O) groups is 1. The first-order chi connectivity index (χ1) is 10.2. The highest BCUT2D eigenvalue weighted by atomic mass is 19.1. The van der Waals surface area contributed by atoms with Crippen molar-refractivity contribution in [3.8, 4) is 0 Å². The number of fused-ring (bicyclic) bond motifs is 1. The molecule has 0 heterocycles. The summed E-state index contributed by atoms with van der Waals surface area (Å²) in [7, 11) is 2.08. The number of nitrogens with one attached hydrogen (secondary N) is 1. The summed E-state index contributed by atoms with van der Waals surface area (Å²) in [5.41, 5.74) is 0.529. The van der Waals surface area contributed by atoms with Gasteiger partial charge in [-0.1, -0.05) is 24.3 Å². The highest BCUT2D eigenvalue weighted by Crippen LogP contribution is 2.24. The van der Waals surface area contributed by atoms with E-state index in [-0.39, 0.29) is 11.7 Å². The van der Waals surface area contributed by atoms with Gasteiger partial charge in [0.2, 0.25) is 0 Å². The lowest BCUT2D eigenvalue weighted by Gasteiger charge is -2.16. The first kappa shape index (κ1) is 14.0. The molecular formula is C17H19FN2O. The van der Waals surface area contributed by atoms with Crippen LogP contribution in [0.25, 0.3) is 10.8 Å². The van der Waals surface area contributed by atoms with Crippen LogP contribution in [0.2, 0.25) is 0 Å². The highest BCUT2D eigenvalue weighted by molar-refractivity contribution is 6.07. The normalized spacial score (nSPS) is 14.6. The molecule has 1 aliphatic rings. The van der Waals surface area contributed by atoms with Gasteiger partial charge in [-0.2, -0.15) is 0 Å². The van der Waals surface area contributed by atoms with E-state index < -0.39 is 0 Å². The van der Waals surface area contributed by atoms with Gasteiger partial charge in [-0.05, 0) is 37.4 Å². The number of benzene rings is 2. The van der Waals surface area contributed by atoms with Crippen LogP contribution in [0.1, 0.15) is 23.2 Å². The molecule has 2 aromatic rings. The predicted molar refractivity (Wildman–Crippen MR) is 81.9 cm³/mol. The Balaban J connectivity index is 1.71. The van der Waals surface area contributed by atoms with Gasteiger partial charge in [0, 0.05) is 30.1 Å². The predicted octanol–water partition coefficient (Wildman–Crippen LogP) is 2.80. The first-order valence-electron chi connectivity index (χ1n) is 7.32. The number of rotatable bonds is 5. The number of nitrogens with zero attached hydrogens (tertiary/aromatic N) is 1. The Hall–Kier alpha value is -1.94. The summed E-state index contributed by atoms with van der Waals surface area (Å²) in [6.45, 7) is 1.45. The maximum Gasteiger partial charge on any atom is 0.251 e. The van der Waals surface area contributed by atoms with Gasteiger partial charge in [-0.25, -0.2) is 4.39 Å². The van der Waals surface area contributed by atoms with Crippen molar-refractivity contribution in [2.75, 3.05) is 20.1 Å². The van der Waals surface area contributed by atoms with Crippen molar-refractivity contribution in [1.29, 1.82) is 0 Å². The Bertz CT molecular complexity index is 667. The molecule has 0 bridgehead atoms. The van der Waals surface area contributed by atoms with Crippen LogP contribution in [-0.4, -0.2) is 37.0 Å². The van der Waals surface area contributed by atoms with Gasteiger partial charge in [0.15, 0.2) is 0 Å². The summed E-state index contributed by atoms with van der Waals surface area (Å²) in [6.07, 6.45) is 2.51. The van der Waals surface area contributed by atoms with Crippen LogP contribution in [0, 0.1) is 5.82 Å². The van der Waals surface area contributed by atoms with Crippen molar-refractivity contribution in [3.63, 3.8) is 0 Å². The van der Waals surface area contributed by atoms with Crippen LogP contribution in [0.4, 0.5) is 4.39 Å². The zero-order valence-corrected chi connectivity index (χ0v) is 12.1. The molecule has 1 saturated carbocycles. The molecule has 3 rings (SSSR count). The van der Waals surface area contributed by atoms with E-state index in [0.717, 1.165) is 6.54 Å². The lowest BCUT2D eigenvalue weighted by molar-refractivity contribution is 0.0951. The molecule has 0 aromatic heterocycles. The number of likely N-dealkylation sites (N-methyl/N-ethyl adjacent to an activating group) is 1.